The molecule has 134 valence electrons. The lowest BCUT2D eigenvalue weighted by atomic mass is 10.2. The zero-order chi connectivity index (χ0) is 17.8. The molecule has 4 rings (SSSR count). The molecule has 1 atom stereocenters. The molecule has 5 nitrogen and oxygen atoms in total. The lowest BCUT2D eigenvalue weighted by Gasteiger charge is -2.36. The van der Waals surface area contributed by atoms with E-state index in [9.17, 15) is 0 Å². The Hall–Kier alpha value is -2.50. The summed E-state index contributed by atoms with van der Waals surface area (Å²) in [7, 11) is 0. The molecule has 2 heterocycles. The highest BCUT2D eigenvalue weighted by Gasteiger charge is 2.26. The van der Waals surface area contributed by atoms with Crippen molar-refractivity contribution < 1.29 is 4.52 Å². The van der Waals surface area contributed by atoms with Crippen molar-refractivity contribution in [3.63, 3.8) is 0 Å². The Morgan fingerprint density at radius 2 is 1.58 bits per heavy atom. The molecule has 1 aliphatic rings. The first-order chi connectivity index (χ1) is 12.8. The van der Waals surface area contributed by atoms with Gasteiger partial charge in [0.1, 0.15) is 0 Å². The maximum Gasteiger partial charge on any atom is 0.244 e. The molecule has 0 amide bonds. The van der Waals surface area contributed by atoms with E-state index >= 15 is 0 Å². The van der Waals surface area contributed by atoms with E-state index < -0.39 is 0 Å². The van der Waals surface area contributed by atoms with Crippen molar-refractivity contribution in [3.8, 4) is 11.4 Å². The van der Waals surface area contributed by atoms with Gasteiger partial charge < -0.3 is 4.52 Å². The summed E-state index contributed by atoms with van der Waals surface area (Å²) in [5.74, 6) is 1.36. The van der Waals surface area contributed by atoms with Gasteiger partial charge in [0.15, 0.2) is 0 Å². The average molecular weight is 348 g/mol. The topological polar surface area (TPSA) is 45.4 Å². The standard InChI is InChI=1S/C21H24N4O/c1-17(21-22-20(23-26-21)19-10-6-3-7-11-19)25-14-12-24(13-15-25)16-18-8-4-2-5-9-18/h2-11,17H,12-16H2,1H3. The molecule has 5 heteroatoms. The number of aromatic nitrogens is 2. The maximum absolute atomic E-state index is 5.54. The third-order valence-corrected chi connectivity index (χ3v) is 5.03. The van der Waals surface area contributed by atoms with Crippen LogP contribution in [0, 0.1) is 0 Å². The highest BCUT2D eigenvalue weighted by molar-refractivity contribution is 5.53. The van der Waals surface area contributed by atoms with Gasteiger partial charge >= 0.3 is 0 Å². The second-order valence-corrected chi connectivity index (χ2v) is 6.80. The predicted octanol–water partition coefficient (Wildman–Crippen LogP) is 3.62. The summed E-state index contributed by atoms with van der Waals surface area (Å²) in [6.07, 6.45) is 0. The first-order valence-electron chi connectivity index (χ1n) is 9.19. The normalized spacial score (nSPS) is 17.3. The molecular formula is C21H24N4O. The van der Waals surface area contributed by atoms with E-state index in [1.807, 2.05) is 30.3 Å². The van der Waals surface area contributed by atoms with Crippen LogP contribution < -0.4 is 0 Å². The zero-order valence-corrected chi connectivity index (χ0v) is 15.1. The van der Waals surface area contributed by atoms with E-state index in [0.717, 1.165) is 38.3 Å². The van der Waals surface area contributed by atoms with Crippen LogP contribution in [0.4, 0.5) is 0 Å². The number of hydrogen-bond acceptors (Lipinski definition) is 5. The van der Waals surface area contributed by atoms with Gasteiger partial charge in [-0.25, -0.2) is 0 Å². The first-order valence-corrected chi connectivity index (χ1v) is 9.19. The Labute approximate surface area is 154 Å². The monoisotopic (exact) mass is 348 g/mol. The van der Waals surface area contributed by atoms with Crippen LogP contribution in [0.15, 0.2) is 65.2 Å². The Morgan fingerprint density at radius 1 is 0.923 bits per heavy atom. The van der Waals surface area contributed by atoms with E-state index in [-0.39, 0.29) is 6.04 Å². The second-order valence-electron chi connectivity index (χ2n) is 6.80. The Kier molecular flexibility index (Phi) is 5.09. The largest absolute Gasteiger partial charge is 0.337 e. The second kappa shape index (κ2) is 7.81. The van der Waals surface area contributed by atoms with E-state index in [1.54, 1.807) is 0 Å². The van der Waals surface area contributed by atoms with Gasteiger partial charge in [-0.05, 0) is 12.5 Å². The number of nitrogens with zero attached hydrogens (tertiary/aromatic N) is 4. The van der Waals surface area contributed by atoms with Crippen molar-refractivity contribution in [2.45, 2.75) is 19.5 Å². The lowest BCUT2D eigenvalue weighted by Crippen LogP contribution is -2.46. The molecule has 0 saturated carbocycles. The van der Waals surface area contributed by atoms with Crippen LogP contribution in [0.3, 0.4) is 0 Å². The Bertz CT molecular complexity index is 810. The SMILES string of the molecule is CC(c1nc(-c2ccccc2)no1)N1CCN(Cc2ccccc2)CC1. The van der Waals surface area contributed by atoms with Gasteiger partial charge in [0.25, 0.3) is 0 Å². The smallest absolute Gasteiger partial charge is 0.244 e. The maximum atomic E-state index is 5.54. The van der Waals surface area contributed by atoms with Gasteiger partial charge in [-0.15, -0.1) is 0 Å². The van der Waals surface area contributed by atoms with Crippen LogP contribution in [0.1, 0.15) is 24.4 Å². The van der Waals surface area contributed by atoms with Gasteiger partial charge in [0.05, 0.1) is 6.04 Å². The molecule has 1 aliphatic heterocycles. The Balaban J connectivity index is 1.35. The molecule has 0 spiro atoms. The molecule has 1 saturated heterocycles. The molecule has 1 aromatic heterocycles. The van der Waals surface area contributed by atoms with E-state index in [2.05, 4.69) is 57.2 Å². The highest BCUT2D eigenvalue weighted by atomic mass is 16.5. The van der Waals surface area contributed by atoms with Crippen LogP contribution in [0.5, 0.6) is 0 Å². The summed E-state index contributed by atoms with van der Waals surface area (Å²) in [6.45, 7) is 7.29. The van der Waals surface area contributed by atoms with E-state index in [1.165, 1.54) is 5.56 Å². The first kappa shape index (κ1) is 16.9. The van der Waals surface area contributed by atoms with Gasteiger partial charge in [0, 0.05) is 38.3 Å². The van der Waals surface area contributed by atoms with Crippen LogP contribution in [-0.2, 0) is 6.54 Å². The van der Waals surface area contributed by atoms with E-state index in [0.29, 0.717) is 11.7 Å². The van der Waals surface area contributed by atoms with Gasteiger partial charge in [-0.2, -0.15) is 4.98 Å². The molecule has 2 aromatic carbocycles. The fourth-order valence-corrected chi connectivity index (χ4v) is 3.42. The zero-order valence-electron chi connectivity index (χ0n) is 15.1. The van der Waals surface area contributed by atoms with Crippen LogP contribution in [0.25, 0.3) is 11.4 Å². The van der Waals surface area contributed by atoms with Crippen molar-refractivity contribution in [2.75, 3.05) is 26.2 Å². The van der Waals surface area contributed by atoms with Crippen molar-refractivity contribution in [1.82, 2.24) is 19.9 Å². The van der Waals surface area contributed by atoms with E-state index in [4.69, 9.17) is 4.52 Å². The van der Waals surface area contributed by atoms with Crippen molar-refractivity contribution in [2.24, 2.45) is 0 Å². The number of rotatable bonds is 5. The quantitative estimate of drug-likeness (QED) is 0.705. The van der Waals surface area contributed by atoms with Gasteiger partial charge in [0.2, 0.25) is 11.7 Å². The fourth-order valence-electron chi connectivity index (χ4n) is 3.42. The van der Waals surface area contributed by atoms with Crippen LogP contribution in [-0.4, -0.2) is 46.1 Å². The molecule has 1 fully saturated rings. The van der Waals surface area contributed by atoms with Crippen molar-refractivity contribution >= 4 is 0 Å². The summed E-state index contributed by atoms with van der Waals surface area (Å²) in [5, 5.41) is 4.15. The summed E-state index contributed by atoms with van der Waals surface area (Å²) in [6, 6.07) is 20.8. The van der Waals surface area contributed by atoms with Gasteiger partial charge in [-0.1, -0.05) is 65.8 Å². The molecule has 3 aromatic rings. The molecule has 0 N–H and O–H groups in total. The number of hydrogen-bond donors (Lipinski definition) is 0. The van der Waals surface area contributed by atoms with Crippen LogP contribution >= 0.6 is 0 Å². The Morgan fingerprint density at radius 3 is 2.27 bits per heavy atom. The third kappa shape index (κ3) is 3.84. The number of piperazine rings is 1. The van der Waals surface area contributed by atoms with Gasteiger partial charge in [-0.3, -0.25) is 9.80 Å². The minimum absolute atomic E-state index is 0.138. The van der Waals surface area contributed by atoms with Crippen molar-refractivity contribution in [3.05, 3.63) is 72.1 Å². The fraction of sp³-hybridized carbons (Fsp3) is 0.333. The van der Waals surface area contributed by atoms with Crippen molar-refractivity contribution in [1.29, 1.82) is 0 Å². The molecule has 0 aliphatic carbocycles. The molecule has 0 radical (unpaired) electrons. The lowest BCUT2D eigenvalue weighted by molar-refractivity contribution is 0.0845. The minimum Gasteiger partial charge on any atom is -0.337 e. The summed E-state index contributed by atoms with van der Waals surface area (Å²) in [5.41, 5.74) is 2.36. The van der Waals surface area contributed by atoms with Crippen LogP contribution in [0.2, 0.25) is 0 Å². The summed E-state index contributed by atoms with van der Waals surface area (Å²) in [4.78, 5) is 9.53. The highest BCUT2D eigenvalue weighted by Crippen LogP contribution is 2.23. The number of benzene rings is 2. The summed E-state index contributed by atoms with van der Waals surface area (Å²) >= 11 is 0. The summed E-state index contributed by atoms with van der Waals surface area (Å²) < 4.78 is 5.54. The third-order valence-electron chi connectivity index (χ3n) is 5.03. The minimum atomic E-state index is 0.138. The molecule has 1 unspecified atom stereocenters. The molecule has 26 heavy (non-hydrogen) atoms. The molecular weight excluding hydrogens is 324 g/mol. The average Bonchev–Trinajstić information content (AvgIpc) is 3.20. The molecule has 0 bridgehead atoms. The predicted molar refractivity (Wildman–Crippen MR) is 101 cm³/mol.